The molecule has 1 aromatic carbocycles. The first-order chi connectivity index (χ1) is 10.5. The molecule has 22 heavy (non-hydrogen) atoms. The van der Waals surface area contributed by atoms with Crippen LogP contribution in [0.1, 0.15) is 21.7 Å². The Morgan fingerprint density at radius 1 is 1.36 bits per heavy atom. The molecule has 1 N–H and O–H groups in total. The zero-order chi connectivity index (χ0) is 15.9. The molecule has 2 heterocycles. The van der Waals surface area contributed by atoms with Crippen molar-refractivity contribution in [2.45, 2.75) is 13.3 Å². The first-order valence-corrected chi connectivity index (χ1v) is 7.74. The molecule has 112 valence electrons. The molecular weight excluding hydrogens is 324 g/mol. The number of halogens is 1. The monoisotopic (exact) mass is 334 g/mol. The average molecular weight is 335 g/mol. The molecular formula is C16H11ClO4S. The lowest BCUT2D eigenvalue weighted by Crippen LogP contribution is -2.16. The number of aromatic hydroxyl groups is 1. The van der Waals surface area contributed by atoms with Crippen LogP contribution >= 0.6 is 22.9 Å². The molecule has 0 saturated heterocycles. The summed E-state index contributed by atoms with van der Waals surface area (Å²) in [6.07, 6.45) is 0.00171. The molecule has 0 saturated carbocycles. The molecule has 4 nitrogen and oxygen atoms in total. The van der Waals surface area contributed by atoms with Gasteiger partial charge in [-0.2, -0.15) is 0 Å². The molecule has 2 aromatic heterocycles. The minimum Gasteiger partial charge on any atom is -0.507 e. The summed E-state index contributed by atoms with van der Waals surface area (Å²) in [6, 6.07) is 6.71. The fourth-order valence-electron chi connectivity index (χ4n) is 2.30. The maximum Gasteiger partial charge on any atom is 0.350 e. The molecule has 0 unspecified atom stereocenters. The number of carbonyl (C=O) groups excluding carboxylic acids is 1. The summed E-state index contributed by atoms with van der Waals surface area (Å²) >= 11 is 7.48. The molecule has 0 atom stereocenters. The van der Waals surface area contributed by atoms with Gasteiger partial charge in [0, 0.05) is 22.2 Å². The van der Waals surface area contributed by atoms with Gasteiger partial charge in [-0.25, -0.2) is 4.79 Å². The Balaban J connectivity index is 2.00. The lowest BCUT2D eigenvalue weighted by molar-refractivity contribution is 0.0986. The second-order valence-electron chi connectivity index (χ2n) is 4.91. The first kappa shape index (κ1) is 14.8. The molecule has 0 fully saturated rings. The Morgan fingerprint density at radius 2 is 2.14 bits per heavy atom. The lowest BCUT2D eigenvalue weighted by atomic mass is 10.0. The summed E-state index contributed by atoms with van der Waals surface area (Å²) in [7, 11) is 0. The molecule has 6 heteroatoms. The van der Waals surface area contributed by atoms with E-state index in [0.717, 1.165) is 15.6 Å². The van der Waals surface area contributed by atoms with Crippen molar-refractivity contribution in [1.29, 1.82) is 0 Å². The SMILES string of the molecule is Cc1cc(O)c(C(=O)Cc2csc3ccc(Cl)cc23)c(=O)o1. The number of aryl methyl sites for hydroxylation is 1. The number of ketones is 1. The fourth-order valence-corrected chi connectivity index (χ4v) is 3.42. The zero-order valence-corrected chi connectivity index (χ0v) is 13.1. The van der Waals surface area contributed by atoms with E-state index in [9.17, 15) is 14.7 Å². The van der Waals surface area contributed by atoms with Crippen LogP contribution < -0.4 is 5.63 Å². The van der Waals surface area contributed by atoms with Crippen LogP contribution in [0.15, 0.2) is 38.9 Å². The number of thiophene rings is 1. The summed E-state index contributed by atoms with van der Waals surface area (Å²) in [4.78, 5) is 24.1. The summed E-state index contributed by atoms with van der Waals surface area (Å²) in [5.41, 5.74) is -0.362. The second kappa shape index (κ2) is 5.59. The van der Waals surface area contributed by atoms with Crippen molar-refractivity contribution in [2.24, 2.45) is 0 Å². The largest absolute Gasteiger partial charge is 0.507 e. The molecule has 0 radical (unpaired) electrons. The summed E-state index contributed by atoms with van der Waals surface area (Å²) in [5, 5.41) is 13.1. The molecule has 0 aliphatic rings. The maximum absolute atomic E-state index is 12.3. The Morgan fingerprint density at radius 3 is 2.86 bits per heavy atom. The standard InChI is InChI=1S/C16H11ClO4S/c1-8-4-12(18)15(16(20)21-8)13(19)5-9-7-22-14-3-2-10(17)6-11(9)14/h2-4,6-7,18H,5H2,1H3. The van der Waals surface area contributed by atoms with Gasteiger partial charge in [0.25, 0.3) is 0 Å². The number of rotatable bonds is 3. The van der Waals surface area contributed by atoms with Crippen LogP contribution in [0.5, 0.6) is 5.75 Å². The van der Waals surface area contributed by atoms with Crippen LogP contribution in [0.4, 0.5) is 0 Å². The molecule has 0 aliphatic heterocycles. The summed E-state index contributed by atoms with van der Waals surface area (Å²) in [6.45, 7) is 1.53. The Kier molecular flexibility index (Phi) is 3.76. The number of fused-ring (bicyclic) bond motifs is 1. The molecule has 0 bridgehead atoms. The van der Waals surface area contributed by atoms with Crippen LogP contribution in [0.25, 0.3) is 10.1 Å². The third-order valence-corrected chi connectivity index (χ3v) is 4.55. The van der Waals surface area contributed by atoms with Gasteiger partial charge in [-0.15, -0.1) is 11.3 Å². The highest BCUT2D eigenvalue weighted by Crippen LogP contribution is 2.30. The molecule has 3 aromatic rings. The quantitative estimate of drug-likeness (QED) is 0.736. The van der Waals surface area contributed by atoms with Gasteiger partial charge in [0.2, 0.25) is 0 Å². The smallest absolute Gasteiger partial charge is 0.350 e. The average Bonchev–Trinajstić information content (AvgIpc) is 2.80. The number of benzene rings is 1. The number of Topliss-reactive ketones (excluding diaryl/α,β-unsaturated/α-hetero) is 1. The van der Waals surface area contributed by atoms with E-state index in [0.29, 0.717) is 5.02 Å². The van der Waals surface area contributed by atoms with Crippen LogP contribution in [0.2, 0.25) is 5.02 Å². The Bertz CT molecular complexity index is 939. The van der Waals surface area contributed by atoms with Gasteiger partial charge in [-0.05, 0) is 41.5 Å². The third kappa shape index (κ3) is 2.65. The molecule has 3 rings (SSSR count). The van der Waals surface area contributed by atoms with Crippen LogP contribution in [0.3, 0.4) is 0 Å². The van der Waals surface area contributed by atoms with Crippen molar-refractivity contribution in [1.82, 2.24) is 0 Å². The minimum atomic E-state index is -0.819. The van der Waals surface area contributed by atoms with E-state index in [4.69, 9.17) is 16.0 Å². The number of hydrogen-bond acceptors (Lipinski definition) is 5. The van der Waals surface area contributed by atoms with Gasteiger partial charge in [0.1, 0.15) is 17.1 Å². The van der Waals surface area contributed by atoms with Crippen molar-refractivity contribution in [3.63, 3.8) is 0 Å². The minimum absolute atomic E-state index is 0.00171. The fraction of sp³-hybridized carbons (Fsp3) is 0.125. The highest BCUT2D eigenvalue weighted by atomic mass is 35.5. The van der Waals surface area contributed by atoms with E-state index in [1.807, 2.05) is 11.4 Å². The van der Waals surface area contributed by atoms with E-state index in [1.165, 1.54) is 24.3 Å². The van der Waals surface area contributed by atoms with E-state index in [2.05, 4.69) is 0 Å². The van der Waals surface area contributed by atoms with Crippen LogP contribution in [0, 0.1) is 6.92 Å². The van der Waals surface area contributed by atoms with Crippen molar-refractivity contribution in [3.05, 3.63) is 62.0 Å². The van der Waals surface area contributed by atoms with Crippen LogP contribution in [-0.4, -0.2) is 10.9 Å². The maximum atomic E-state index is 12.3. The van der Waals surface area contributed by atoms with E-state index < -0.39 is 11.4 Å². The Hall–Kier alpha value is -2.11. The van der Waals surface area contributed by atoms with E-state index >= 15 is 0 Å². The zero-order valence-electron chi connectivity index (χ0n) is 11.6. The van der Waals surface area contributed by atoms with Crippen molar-refractivity contribution in [3.8, 4) is 5.75 Å². The second-order valence-corrected chi connectivity index (χ2v) is 6.25. The predicted octanol–water partition coefficient (Wildman–Crippen LogP) is 3.95. The van der Waals surface area contributed by atoms with Gasteiger partial charge >= 0.3 is 5.63 Å². The number of hydrogen-bond donors (Lipinski definition) is 1. The van der Waals surface area contributed by atoms with Gasteiger partial charge in [-0.1, -0.05) is 11.6 Å². The molecule has 0 spiro atoms. The summed E-state index contributed by atoms with van der Waals surface area (Å²) in [5.74, 6) is -0.575. The predicted molar refractivity (Wildman–Crippen MR) is 86.2 cm³/mol. The molecule has 0 amide bonds. The van der Waals surface area contributed by atoms with Crippen molar-refractivity contribution >= 4 is 38.8 Å². The lowest BCUT2D eigenvalue weighted by Gasteiger charge is -2.03. The number of carbonyl (C=O) groups is 1. The van der Waals surface area contributed by atoms with Gasteiger partial charge in [0.15, 0.2) is 5.78 Å². The van der Waals surface area contributed by atoms with Crippen LogP contribution in [-0.2, 0) is 6.42 Å². The Labute approximate surface area is 134 Å². The van der Waals surface area contributed by atoms with Gasteiger partial charge in [-0.3, -0.25) is 4.79 Å². The highest BCUT2D eigenvalue weighted by molar-refractivity contribution is 7.17. The van der Waals surface area contributed by atoms with E-state index in [-0.39, 0.29) is 23.5 Å². The first-order valence-electron chi connectivity index (χ1n) is 6.48. The summed E-state index contributed by atoms with van der Waals surface area (Å²) < 4.78 is 5.89. The van der Waals surface area contributed by atoms with Gasteiger partial charge in [0.05, 0.1) is 0 Å². The van der Waals surface area contributed by atoms with Crippen molar-refractivity contribution in [2.75, 3.05) is 0 Å². The normalized spacial score (nSPS) is 11.0. The van der Waals surface area contributed by atoms with Crippen molar-refractivity contribution < 1.29 is 14.3 Å². The highest BCUT2D eigenvalue weighted by Gasteiger charge is 2.20. The van der Waals surface area contributed by atoms with Gasteiger partial charge < -0.3 is 9.52 Å². The van der Waals surface area contributed by atoms with E-state index in [1.54, 1.807) is 12.1 Å². The topological polar surface area (TPSA) is 67.5 Å². The molecule has 0 aliphatic carbocycles. The third-order valence-electron chi connectivity index (χ3n) is 3.30.